The van der Waals surface area contributed by atoms with Crippen molar-refractivity contribution in [1.29, 1.82) is 0 Å². The van der Waals surface area contributed by atoms with E-state index in [-0.39, 0.29) is 17.8 Å². The van der Waals surface area contributed by atoms with Gasteiger partial charge in [-0.15, -0.1) is 0 Å². The van der Waals surface area contributed by atoms with Crippen LogP contribution in [0.4, 0.5) is 4.39 Å². The number of benzene rings is 1. The van der Waals surface area contributed by atoms with Crippen LogP contribution in [0, 0.1) is 5.82 Å². The quantitative estimate of drug-likeness (QED) is 0.722. The molecule has 0 bridgehead atoms. The molecule has 15 heavy (non-hydrogen) atoms. The van der Waals surface area contributed by atoms with Gasteiger partial charge in [-0.1, -0.05) is 12.1 Å². The van der Waals surface area contributed by atoms with Crippen LogP contribution in [0.3, 0.4) is 0 Å². The van der Waals surface area contributed by atoms with Crippen molar-refractivity contribution in [3.05, 3.63) is 35.6 Å². The van der Waals surface area contributed by atoms with Crippen molar-refractivity contribution in [1.82, 2.24) is 10.6 Å². The van der Waals surface area contributed by atoms with E-state index < -0.39 is 6.04 Å². The molecule has 0 saturated carbocycles. The molecule has 1 aliphatic heterocycles. The van der Waals surface area contributed by atoms with E-state index in [4.69, 9.17) is 0 Å². The molecule has 1 aromatic carbocycles. The van der Waals surface area contributed by atoms with Gasteiger partial charge in [-0.2, -0.15) is 0 Å². The van der Waals surface area contributed by atoms with Crippen LogP contribution in [0.25, 0.3) is 0 Å². The Morgan fingerprint density at radius 2 is 2.27 bits per heavy atom. The van der Waals surface area contributed by atoms with Gasteiger partial charge in [0.25, 0.3) is 0 Å². The molecule has 2 rings (SSSR count). The predicted octanol–water partition coefficient (Wildman–Crippen LogP) is 0.975. The molecule has 0 spiro atoms. The lowest BCUT2D eigenvalue weighted by Crippen LogP contribution is -2.52. The summed E-state index contributed by atoms with van der Waals surface area (Å²) in [5.41, 5.74) is 0.666. The molecule has 0 aromatic heterocycles. The summed E-state index contributed by atoms with van der Waals surface area (Å²) in [4.78, 5) is 11.6. The number of amides is 1. The van der Waals surface area contributed by atoms with Crippen molar-refractivity contribution >= 4 is 5.91 Å². The van der Waals surface area contributed by atoms with Crippen LogP contribution >= 0.6 is 0 Å². The number of halogens is 1. The zero-order chi connectivity index (χ0) is 10.8. The summed E-state index contributed by atoms with van der Waals surface area (Å²) in [5, 5.41) is 5.91. The summed E-state index contributed by atoms with van der Waals surface area (Å²) in [5.74, 6) is -0.417. The highest BCUT2D eigenvalue weighted by molar-refractivity contribution is 5.84. The van der Waals surface area contributed by atoms with Gasteiger partial charge in [0, 0.05) is 12.6 Å². The van der Waals surface area contributed by atoms with Crippen molar-refractivity contribution in [3.63, 3.8) is 0 Å². The van der Waals surface area contributed by atoms with Gasteiger partial charge in [0.15, 0.2) is 0 Å². The molecule has 1 heterocycles. The zero-order valence-electron chi connectivity index (χ0n) is 8.46. The molecule has 1 fully saturated rings. The molecule has 3 nitrogen and oxygen atoms in total. The molecular formula is C11H13FN2O. The lowest BCUT2D eigenvalue weighted by Gasteiger charge is -2.28. The van der Waals surface area contributed by atoms with E-state index in [2.05, 4.69) is 10.6 Å². The van der Waals surface area contributed by atoms with E-state index in [9.17, 15) is 9.18 Å². The Morgan fingerprint density at radius 1 is 1.47 bits per heavy atom. The molecule has 0 radical (unpaired) electrons. The third-order valence-corrected chi connectivity index (χ3v) is 2.46. The Morgan fingerprint density at radius 3 is 2.93 bits per heavy atom. The Kier molecular flexibility index (Phi) is 2.68. The average molecular weight is 208 g/mol. The Hall–Kier alpha value is -1.42. The number of nitrogens with one attached hydrogen (secondary N) is 2. The summed E-state index contributed by atoms with van der Waals surface area (Å²) in [6.07, 6.45) is 0. The first-order valence-corrected chi connectivity index (χ1v) is 4.96. The lowest BCUT2D eigenvalue weighted by atomic mass is 10.0. The van der Waals surface area contributed by atoms with Gasteiger partial charge in [0.1, 0.15) is 11.9 Å². The fourth-order valence-corrected chi connectivity index (χ4v) is 1.72. The number of carbonyl (C=O) groups is 1. The molecular weight excluding hydrogens is 195 g/mol. The topological polar surface area (TPSA) is 41.1 Å². The minimum Gasteiger partial charge on any atom is -0.351 e. The predicted molar refractivity (Wildman–Crippen MR) is 54.7 cm³/mol. The second kappa shape index (κ2) is 3.98. The van der Waals surface area contributed by atoms with Crippen molar-refractivity contribution in [3.8, 4) is 0 Å². The van der Waals surface area contributed by atoms with E-state index in [1.165, 1.54) is 12.1 Å². The summed E-state index contributed by atoms with van der Waals surface area (Å²) in [7, 11) is 0. The van der Waals surface area contributed by atoms with Crippen LogP contribution in [0.15, 0.2) is 24.3 Å². The Bertz CT molecular complexity index is 381. The third kappa shape index (κ3) is 2.15. The van der Waals surface area contributed by atoms with Crippen LogP contribution in [0.5, 0.6) is 0 Å². The summed E-state index contributed by atoms with van der Waals surface area (Å²) < 4.78 is 13.0. The molecule has 0 unspecified atom stereocenters. The normalized spacial score (nSPS) is 26.1. The molecule has 1 aromatic rings. The molecule has 1 saturated heterocycles. The maximum atomic E-state index is 13.0. The second-order valence-corrected chi connectivity index (χ2v) is 3.81. The molecule has 80 valence electrons. The lowest BCUT2D eigenvalue weighted by molar-refractivity contribution is -0.125. The smallest absolute Gasteiger partial charge is 0.241 e. The zero-order valence-corrected chi connectivity index (χ0v) is 8.46. The Balaban J connectivity index is 2.20. The molecule has 2 N–H and O–H groups in total. The largest absolute Gasteiger partial charge is 0.351 e. The molecule has 4 heteroatoms. The SMILES string of the molecule is C[C@H]1CN[C@@H](c2cccc(F)c2)C(=O)N1. The van der Waals surface area contributed by atoms with Crippen LogP contribution in [-0.2, 0) is 4.79 Å². The Labute approximate surface area is 87.7 Å². The number of piperazine rings is 1. The van der Waals surface area contributed by atoms with Crippen LogP contribution in [-0.4, -0.2) is 18.5 Å². The summed E-state index contributed by atoms with van der Waals surface area (Å²) in [6, 6.07) is 5.80. The first-order valence-electron chi connectivity index (χ1n) is 4.96. The second-order valence-electron chi connectivity index (χ2n) is 3.81. The van der Waals surface area contributed by atoms with Gasteiger partial charge in [0.2, 0.25) is 5.91 Å². The minimum atomic E-state index is -0.433. The van der Waals surface area contributed by atoms with E-state index in [1.807, 2.05) is 6.92 Å². The minimum absolute atomic E-state index is 0.0978. The first kappa shape index (κ1) is 10.1. The van der Waals surface area contributed by atoms with E-state index in [0.29, 0.717) is 12.1 Å². The fourth-order valence-electron chi connectivity index (χ4n) is 1.72. The van der Waals surface area contributed by atoms with Crippen molar-refractivity contribution in [2.75, 3.05) is 6.54 Å². The molecule has 1 aliphatic rings. The third-order valence-electron chi connectivity index (χ3n) is 2.46. The van der Waals surface area contributed by atoms with E-state index in [0.717, 1.165) is 0 Å². The monoisotopic (exact) mass is 208 g/mol. The van der Waals surface area contributed by atoms with Crippen molar-refractivity contribution in [2.24, 2.45) is 0 Å². The highest BCUT2D eigenvalue weighted by atomic mass is 19.1. The van der Waals surface area contributed by atoms with Crippen LogP contribution in [0.1, 0.15) is 18.5 Å². The maximum Gasteiger partial charge on any atom is 0.241 e. The first-order chi connectivity index (χ1) is 7.16. The highest BCUT2D eigenvalue weighted by Crippen LogP contribution is 2.16. The number of carbonyl (C=O) groups excluding carboxylic acids is 1. The summed E-state index contributed by atoms with van der Waals surface area (Å²) >= 11 is 0. The van der Waals surface area contributed by atoms with Gasteiger partial charge in [-0.3, -0.25) is 4.79 Å². The van der Waals surface area contributed by atoms with Crippen molar-refractivity contribution in [2.45, 2.75) is 19.0 Å². The molecule has 2 atom stereocenters. The standard InChI is InChI=1S/C11H13FN2O/c1-7-6-13-10(11(15)14-7)8-3-2-4-9(12)5-8/h2-5,7,10,13H,6H2,1H3,(H,14,15)/t7-,10-/m0/s1. The summed E-state index contributed by atoms with van der Waals surface area (Å²) in [6.45, 7) is 2.62. The van der Waals surface area contributed by atoms with Gasteiger partial charge in [-0.25, -0.2) is 4.39 Å². The number of rotatable bonds is 1. The average Bonchev–Trinajstić information content (AvgIpc) is 2.17. The van der Waals surface area contributed by atoms with E-state index in [1.54, 1.807) is 12.1 Å². The molecule has 0 aliphatic carbocycles. The van der Waals surface area contributed by atoms with Gasteiger partial charge in [-0.05, 0) is 24.6 Å². The van der Waals surface area contributed by atoms with Crippen LogP contribution < -0.4 is 10.6 Å². The fraction of sp³-hybridized carbons (Fsp3) is 0.364. The van der Waals surface area contributed by atoms with Crippen molar-refractivity contribution < 1.29 is 9.18 Å². The number of hydrogen-bond acceptors (Lipinski definition) is 2. The van der Waals surface area contributed by atoms with Crippen LogP contribution in [0.2, 0.25) is 0 Å². The van der Waals surface area contributed by atoms with Gasteiger partial charge < -0.3 is 10.6 Å². The maximum absolute atomic E-state index is 13.0. The molecule has 1 amide bonds. The van der Waals surface area contributed by atoms with Gasteiger partial charge >= 0.3 is 0 Å². The van der Waals surface area contributed by atoms with Gasteiger partial charge in [0.05, 0.1) is 0 Å². The number of hydrogen-bond donors (Lipinski definition) is 2. The van der Waals surface area contributed by atoms with E-state index >= 15 is 0 Å². The highest BCUT2D eigenvalue weighted by Gasteiger charge is 2.26.